The molecule has 3 unspecified atom stereocenters. The molecule has 178 valence electrons. The molecule has 3 atom stereocenters. The van der Waals surface area contributed by atoms with Gasteiger partial charge in [-0.25, -0.2) is 9.78 Å². The van der Waals surface area contributed by atoms with Crippen molar-refractivity contribution in [2.24, 2.45) is 17.6 Å². The Balaban J connectivity index is 1.96. The largest absolute Gasteiger partial charge is 0.461 e. The van der Waals surface area contributed by atoms with Crippen molar-refractivity contribution < 1.29 is 24.2 Å². The summed E-state index contributed by atoms with van der Waals surface area (Å²) in [6.07, 6.45) is 0.479. The van der Waals surface area contributed by atoms with E-state index in [0.29, 0.717) is 0 Å². The maximum atomic E-state index is 12.5. The van der Waals surface area contributed by atoms with Gasteiger partial charge in [0.15, 0.2) is 11.2 Å². The van der Waals surface area contributed by atoms with Crippen LogP contribution in [0.25, 0.3) is 11.2 Å². The Labute approximate surface area is 184 Å². The van der Waals surface area contributed by atoms with Crippen molar-refractivity contribution in [2.45, 2.75) is 52.6 Å². The van der Waals surface area contributed by atoms with Crippen molar-refractivity contribution in [2.75, 3.05) is 18.9 Å². The number of nitrogen functional groups attached to an aromatic ring is 1. The van der Waals surface area contributed by atoms with Crippen molar-refractivity contribution in [3.05, 3.63) is 16.7 Å². The number of fused-ring (bicyclic) bond motifs is 1. The van der Waals surface area contributed by atoms with Gasteiger partial charge in [0.1, 0.15) is 25.5 Å². The van der Waals surface area contributed by atoms with Gasteiger partial charge in [0.2, 0.25) is 11.9 Å². The third kappa shape index (κ3) is 6.24. The fourth-order valence-electron chi connectivity index (χ4n) is 2.72. The van der Waals surface area contributed by atoms with Crippen LogP contribution in [0.15, 0.2) is 11.1 Å². The number of aromatic amines is 1. The van der Waals surface area contributed by atoms with Crippen LogP contribution in [0.4, 0.5) is 5.95 Å². The monoisotopic (exact) mass is 453 g/mol. The van der Waals surface area contributed by atoms with E-state index in [1.807, 2.05) is 0 Å². The normalized spacial score (nSPS) is 14.5. The van der Waals surface area contributed by atoms with Crippen LogP contribution in [0.1, 0.15) is 27.7 Å². The lowest BCUT2D eigenvalue weighted by atomic mass is 10.0. The van der Waals surface area contributed by atoms with E-state index in [-0.39, 0.29) is 42.3 Å². The average Bonchev–Trinajstić information content (AvgIpc) is 3.13. The summed E-state index contributed by atoms with van der Waals surface area (Å²) in [5.41, 5.74) is 11.2. The molecule has 2 aromatic rings. The third-order valence-corrected chi connectivity index (χ3v) is 4.80. The SMILES string of the molecule is CC(C)C(N)C(=O)NC(C(=O)OCC(CO)OCn1cnc2c(=O)[nH]c(N)nc21)C(C)C. The molecule has 0 saturated heterocycles. The highest BCUT2D eigenvalue weighted by atomic mass is 16.6. The first kappa shape index (κ1) is 25.2. The quantitative estimate of drug-likeness (QED) is 0.255. The van der Waals surface area contributed by atoms with Crippen LogP contribution in [-0.4, -0.2) is 67.9 Å². The summed E-state index contributed by atoms with van der Waals surface area (Å²) in [7, 11) is 0. The molecule has 1 amide bonds. The highest BCUT2D eigenvalue weighted by molar-refractivity contribution is 5.87. The number of nitrogens with two attached hydrogens (primary N) is 2. The minimum absolute atomic E-state index is 0.0733. The van der Waals surface area contributed by atoms with Gasteiger partial charge < -0.3 is 31.4 Å². The van der Waals surface area contributed by atoms with E-state index < -0.39 is 42.2 Å². The molecule has 0 aliphatic rings. The lowest BCUT2D eigenvalue weighted by Crippen LogP contribution is -2.52. The van der Waals surface area contributed by atoms with Crippen LogP contribution in [0, 0.1) is 11.8 Å². The number of hydrogen-bond donors (Lipinski definition) is 5. The minimum atomic E-state index is -0.900. The number of esters is 1. The summed E-state index contributed by atoms with van der Waals surface area (Å²) < 4.78 is 12.2. The second-order valence-electron chi connectivity index (χ2n) is 8.07. The first-order valence-corrected chi connectivity index (χ1v) is 10.2. The molecule has 0 spiro atoms. The van der Waals surface area contributed by atoms with E-state index in [2.05, 4.69) is 20.3 Å². The predicted octanol–water partition coefficient (Wildman–Crippen LogP) is -1.30. The molecule has 13 nitrogen and oxygen atoms in total. The van der Waals surface area contributed by atoms with E-state index in [4.69, 9.17) is 20.9 Å². The van der Waals surface area contributed by atoms with Crippen LogP contribution in [0.5, 0.6) is 0 Å². The Morgan fingerprint density at radius 2 is 1.97 bits per heavy atom. The average molecular weight is 454 g/mol. The molecule has 2 heterocycles. The van der Waals surface area contributed by atoms with Gasteiger partial charge in [0.05, 0.1) is 19.0 Å². The maximum Gasteiger partial charge on any atom is 0.328 e. The standard InChI is InChI=1S/C19H31N7O6/c1-9(2)12(20)16(28)23-13(10(3)4)18(30)31-6-11(5-27)32-8-26-7-22-14-15(26)24-19(21)25-17(14)29/h7,9-13,27H,5-6,8,20H2,1-4H3,(H,23,28)(H3,21,24,25,29). The molecule has 7 N–H and O–H groups in total. The number of ether oxygens (including phenoxy) is 2. The number of hydrogen-bond acceptors (Lipinski definition) is 10. The van der Waals surface area contributed by atoms with Crippen LogP contribution < -0.4 is 22.3 Å². The topological polar surface area (TPSA) is 200 Å². The molecule has 0 radical (unpaired) electrons. The Bertz CT molecular complexity index is 986. The van der Waals surface area contributed by atoms with Crippen molar-refractivity contribution in [3.63, 3.8) is 0 Å². The minimum Gasteiger partial charge on any atom is -0.461 e. The number of carbonyl (C=O) groups excluding carboxylic acids is 2. The zero-order valence-electron chi connectivity index (χ0n) is 18.6. The molecular formula is C19H31N7O6. The lowest BCUT2D eigenvalue weighted by Gasteiger charge is -2.25. The second kappa shape index (κ2) is 11.0. The van der Waals surface area contributed by atoms with Gasteiger partial charge in [-0.05, 0) is 11.8 Å². The van der Waals surface area contributed by atoms with Gasteiger partial charge >= 0.3 is 5.97 Å². The first-order chi connectivity index (χ1) is 15.0. The second-order valence-corrected chi connectivity index (χ2v) is 8.07. The molecular weight excluding hydrogens is 422 g/mol. The third-order valence-electron chi connectivity index (χ3n) is 4.80. The summed E-state index contributed by atoms with van der Waals surface area (Å²) in [5, 5.41) is 12.2. The van der Waals surface area contributed by atoms with E-state index in [1.165, 1.54) is 10.9 Å². The number of amides is 1. The summed E-state index contributed by atoms with van der Waals surface area (Å²) in [6.45, 7) is 6.32. The van der Waals surface area contributed by atoms with Crippen molar-refractivity contribution in [1.29, 1.82) is 0 Å². The van der Waals surface area contributed by atoms with E-state index in [0.717, 1.165) is 0 Å². The number of anilines is 1. The molecule has 0 bridgehead atoms. The van der Waals surface area contributed by atoms with Gasteiger partial charge in [-0.3, -0.25) is 19.1 Å². The Morgan fingerprint density at radius 1 is 1.28 bits per heavy atom. The fourth-order valence-corrected chi connectivity index (χ4v) is 2.72. The Morgan fingerprint density at radius 3 is 2.56 bits per heavy atom. The van der Waals surface area contributed by atoms with E-state index >= 15 is 0 Å². The first-order valence-electron chi connectivity index (χ1n) is 10.2. The van der Waals surface area contributed by atoms with Crippen LogP contribution >= 0.6 is 0 Å². The molecule has 2 aromatic heterocycles. The smallest absolute Gasteiger partial charge is 0.328 e. The number of nitrogens with zero attached hydrogens (tertiary/aromatic N) is 3. The maximum absolute atomic E-state index is 12.5. The zero-order chi connectivity index (χ0) is 24.0. The molecule has 13 heteroatoms. The molecule has 0 fully saturated rings. The van der Waals surface area contributed by atoms with Crippen LogP contribution in [0.3, 0.4) is 0 Å². The number of aliphatic hydroxyl groups is 1. The highest BCUT2D eigenvalue weighted by Crippen LogP contribution is 2.09. The van der Waals surface area contributed by atoms with Crippen molar-refractivity contribution in [1.82, 2.24) is 24.8 Å². The van der Waals surface area contributed by atoms with Gasteiger partial charge in [0, 0.05) is 0 Å². The lowest BCUT2D eigenvalue weighted by molar-refractivity contribution is -0.155. The van der Waals surface area contributed by atoms with Crippen molar-refractivity contribution >= 4 is 29.0 Å². The predicted molar refractivity (Wildman–Crippen MR) is 115 cm³/mol. The molecule has 0 saturated carbocycles. The molecule has 0 aromatic carbocycles. The number of imidazole rings is 1. The van der Waals surface area contributed by atoms with E-state index in [9.17, 15) is 19.5 Å². The number of aliphatic hydroxyl groups excluding tert-OH is 1. The van der Waals surface area contributed by atoms with Crippen molar-refractivity contribution in [3.8, 4) is 0 Å². The molecule has 2 rings (SSSR count). The zero-order valence-corrected chi connectivity index (χ0v) is 18.6. The number of carbonyl (C=O) groups is 2. The van der Waals surface area contributed by atoms with E-state index in [1.54, 1.807) is 27.7 Å². The summed E-state index contributed by atoms with van der Waals surface area (Å²) >= 11 is 0. The highest BCUT2D eigenvalue weighted by Gasteiger charge is 2.29. The summed E-state index contributed by atoms with van der Waals surface area (Å²) in [6, 6.07) is -1.65. The number of H-pyrrole nitrogens is 1. The van der Waals surface area contributed by atoms with Gasteiger partial charge in [0.25, 0.3) is 5.56 Å². The number of rotatable bonds is 11. The van der Waals surface area contributed by atoms with Crippen LogP contribution in [-0.2, 0) is 25.8 Å². The van der Waals surface area contributed by atoms with Gasteiger partial charge in [-0.1, -0.05) is 27.7 Å². The Hall–Kier alpha value is -3.03. The number of nitrogens with one attached hydrogen (secondary N) is 2. The molecule has 32 heavy (non-hydrogen) atoms. The fraction of sp³-hybridized carbons (Fsp3) is 0.632. The van der Waals surface area contributed by atoms with Gasteiger partial charge in [-0.2, -0.15) is 4.98 Å². The van der Waals surface area contributed by atoms with Crippen LogP contribution in [0.2, 0.25) is 0 Å². The summed E-state index contributed by atoms with van der Waals surface area (Å²) in [4.78, 5) is 46.9. The molecule has 0 aliphatic heterocycles. The Kier molecular flexibility index (Phi) is 8.69. The summed E-state index contributed by atoms with van der Waals surface area (Å²) in [5.74, 6) is -1.52. The number of aromatic nitrogens is 4. The molecule has 0 aliphatic carbocycles. The van der Waals surface area contributed by atoms with Gasteiger partial charge in [-0.15, -0.1) is 0 Å².